The van der Waals surface area contributed by atoms with Gasteiger partial charge in [0, 0.05) is 19.8 Å². The van der Waals surface area contributed by atoms with Crippen LogP contribution in [0.1, 0.15) is 60.8 Å². The third-order valence-electron chi connectivity index (χ3n) is 3.54. The molecule has 0 radical (unpaired) electrons. The Bertz CT molecular complexity index is 301. The van der Waals surface area contributed by atoms with E-state index in [2.05, 4.69) is 31.4 Å². The van der Waals surface area contributed by atoms with E-state index in [4.69, 9.17) is 9.47 Å². The van der Waals surface area contributed by atoms with E-state index in [9.17, 15) is 4.79 Å². The molecule has 0 fully saturated rings. The van der Waals surface area contributed by atoms with Crippen LogP contribution in [0.15, 0.2) is 0 Å². The number of hydrogen-bond donors (Lipinski definition) is 2. The van der Waals surface area contributed by atoms with Crippen molar-refractivity contribution in [2.24, 2.45) is 11.8 Å². The Morgan fingerprint density at radius 1 is 1.09 bits per heavy atom. The van der Waals surface area contributed by atoms with Crippen molar-refractivity contribution in [3.8, 4) is 0 Å². The third-order valence-corrected chi connectivity index (χ3v) is 3.54. The van der Waals surface area contributed by atoms with Gasteiger partial charge in [-0.25, -0.2) is 4.79 Å². The van der Waals surface area contributed by atoms with Crippen molar-refractivity contribution in [2.45, 2.75) is 66.4 Å². The highest BCUT2D eigenvalue weighted by atomic mass is 16.6. The van der Waals surface area contributed by atoms with Crippen LogP contribution in [-0.2, 0) is 9.47 Å². The molecule has 5 heteroatoms. The normalized spacial score (nSPS) is 13.2. The highest BCUT2D eigenvalue weighted by molar-refractivity contribution is 5.67. The maximum atomic E-state index is 11.7. The monoisotopic (exact) mass is 330 g/mol. The van der Waals surface area contributed by atoms with E-state index in [-0.39, 0.29) is 6.09 Å². The van der Waals surface area contributed by atoms with Gasteiger partial charge in [0.1, 0.15) is 5.60 Å². The summed E-state index contributed by atoms with van der Waals surface area (Å²) in [5.41, 5.74) is -0.451. The van der Waals surface area contributed by atoms with Gasteiger partial charge in [0.2, 0.25) is 0 Å². The molecule has 2 N–H and O–H groups in total. The van der Waals surface area contributed by atoms with Gasteiger partial charge in [-0.2, -0.15) is 0 Å². The van der Waals surface area contributed by atoms with Crippen LogP contribution in [0, 0.1) is 11.8 Å². The highest BCUT2D eigenvalue weighted by Crippen LogP contribution is 2.10. The van der Waals surface area contributed by atoms with Gasteiger partial charge in [0.15, 0.2) is 0 Å². The molecule has 0 rings (SSSR count). The molecular formula is C18H38N2O3. The molecule has 0 saturated carbocycles. The fourth-order valence-corrected chi connectivity index (χ4v) is 2.01. The SMILES string of the molecule is CCCCOCCCNCC(CNC(=O)OC(C)(C)C)C(C)C. The zero-order valence-electron chi connectivity index (χ0n) is 16.0. The average Bonchev–Trinajstić information content (AvgIpc) is 2.42. The van der Waals surface area contributed by atoms with Gasteiger partial charge in [0.25, 0.3) is 0 Å². The van der Waals surface area contributed by atoms with Gasteiger partial charge in [-0.15, -0.1) is 0 Å². The maximum absolute atomic E-state index is 11.7. The third kappa shape index (κ3) is 14.5. The first kappa shape index (κ1) is 22.2. The molecule has 0 aliphatic carbocycles. The van der Waals surface area contributed by atoms with Gasteiger partial charge in [0.05, 0.1) is 0 Å². The molecule has 0 aliphatic heterocycles. The van der Waals surface area contributed by atoms with Crippen molar-refractivity contribution in [3.05, 3.63) is 0 Å². The number of nitrogens with one attached hydrogen (secondary N) is 2. The van der Waals surface area contributed by atoms with Crippen LogP contribution >= 0.6 is 0 Å². The summed E-state index contributed by atoms with van der Waals surface area (Å²) in [5.74, 6) is 0.891. The molecule has 0 aromatic carbocycles. The first-order valence-corrected chi connectivity index (χ1v) is 9.01. The lowest BCUT2D eigenvalue weighted by Gasteiger charge is -2.24. The highest BCUT2D eigenvalue weighted by Gasteiger charge is 2.18. The Kier molecular flexibility index (Phi) is 12.1. The van der Waals surface area contributed by atoms with Gasteiger partial charge in [-0.3, -0.25) is 0 Å². The number of carbonyl (C=O) groups is 1. The number of ether oxygens (including phenoxy) is 2. The van der Waals surface area contributed by atoms with E-state index in [0.29, 0.717) is 18.4 Å². The Hall–Kier alpha value is -0.810. The molecule has 0 aromatic heterocycles. The standard InChI is InChI=1S/C18H38N2O3/c1-7-8-11-22-12-9-10-19-13-16(15(2)3)14-20-17(21)23-18(4,5)6/h15-16,19H,7-14H2,1-6H3,(H,20,21). The van der Waals surface area contributed by atoms with Crippen molar-refractivity contribution in [1.29, 1.82) is 0 Å². The van der Waals surface area contributed by atoms with Gasteiger partial charge < -0.3 is 20.1 Å². The first-order chi connectivity index (χ1) is 10.8. The molecule has 0 bridgehead atoms. The molecule has 0 spiro atoms. The van der Waals surface area contributed by atoms with Crippen LogP contribution < -0.4 is 10.6 Å². The Morgan fingerprint density at radius 3 is 2.30 bits per heavy atom. The van der Waals surface area contributed by atoms with Gasteiger partial charge in [-0.1, -0.05) is 27.2 Å². The molecule has 138 valence electrons. The van der Waals surface area contributed by atoms with Crippen molar-refractivity contribution in [1.82, 2.24) is 10.6 Å². The second kappa shape index (κ2) is 12.6. The quantitative estimate of drug-likeness (QED) is 0.537. The second-order valence-corrected chi connectivity index (χ2v) is 7.41. The zero-order chi connectivity index (χ0) is 17.7. The van der Waals surface area contributed by atoms with E-state index in [1.165, 1.54) is 6.42 Å². The second-order valence-electron chi connectivity index (χ2n) is 7.41. The number of hydrogen-bond acceptors (Lipinski definition) is 4. The number of amides is 1. The summed E-state index contributed by atoms with van der Waals surface area (Å²) in [6.07, 6.45) is 3.00. The Balaban J connectivity index is 3.80. The molecule has 0 saturated heterocycles. The van der Waals surface area contributed by atoms with E-state index in [0.717, 1.165) is 39.1 Å². The molecule has 1 atom stereocenters. The van der Waals surface area contributed by atoms with Crippen LogP contribution in [-0.4, -0.2) is 44.5 Å². The Labute approximate surface area is 142 Å². The van der Waals surface area contributed by atoms with E-state index in [1.807, 2.05) is 20.8 Å². The van der Waals surface area contributed by atoms with Crippen molar-refractivity contribution >= 4 is 6.09 Å². The fourth-order valence-electron chi connectivity index (χ4n) is 2.01. The Morgan fingerprint density at radius 2 is 1.74 bits per heavy atom. The molecule has 0 aliphatic rings. The summed E-state index contributed by atoms with van der Waals surface area (Å²) < 4.78 is 10.8. The lowest BCUT2D eigenvalue weighted by Crippen LogP contribution is -2.39. The van der Waals surface area contributed by atoms with Crippen LogP contribution in [0.5, 0.6) is 0 Å². The molecule has 0 aromatic rings. The first-order valence-electron chi connectivity index (χ1n) is 9.01. The molecule has 0 heterocycles. The summed E-state index contributed by atoms with van der Waals surface area (Å²) in [7, 11) is 0. The summed E-state index contributed by atoms with van der Waals surface area (Å²) in [5, 5.41) is 6.33. The predicted octanol–water partition coefficient (Wildman–Crippen LogP) is 3.58. The number of unbranched alkanes of at least 4 members (excludes halogenated alkanes) is 1. The molecule has 5 nitrogen and oxygen atoms in total. The minimum Gasteiger partial charge on any atom is -0.444 e. The topological polar surface area (TPSA) is 59.6 Å². The smallest absolute Gasteiger partial charge is 0.407 e. The van der Waals surface area contributed by atoms with E-state index < -0.39 is 5.60 Å². The minimum atomic E-state index is -0.451. The fraction of sp³-hybridized carbons (Fsp3) is 0.944. The molecular weight excluding hydrogens is 292 g/mol. The predicted molar refractivity (Wildman–Crippen MR) is 95.8 cm³/mol. The summed E-state index contributed by atoms with van der Waals surface area (Å²) in [6, 6.07) is 0. The number of carbonyl (C=O) groups excluding carboxylic acids is 1. The summed E-state index contributed by atoms with van der Waals surface area (Å²) in [4.78, 5) is 11.7. The van der Waals surface area contributed by atoms with Crippen molar-refractivity contribution < 1.29 is 14.3 Å². The van der Waals surface area contributed by atoms with Crippen molar-refractivity contribution in [3.63, 3.8) is 0 Å². The maximum Gasteiger partial charge on any atom is 0.407 e. The summed E-state index contributed by atoms with van der Waals surface area (Å²) >= 11 is 0. The summed E-state index contributed by atoms with van der Waals surface area (Å²) in [6.45, 7) is 16.3. The number of rotatable bonds is 12. The molecule has 23 heavy (non-hydrogen) atoms. The van der Waals surface area contributed by atoms with Crippen LogP contribution in [0.3, 0.4) is 0 Å². The molecule has 1 amide bonds. The van der Waals surface area contributed by atoms with Gasteiger partial charge >= 0.3 is 6.09 Å². The molecule has 1 unspecified atom stereocenters. The van der Waals surface area contributed by atoms with Gasteiger partial charge in [-0.05, 0) is 58.5 Å². The van der Waals surface area contributed by atoms with E-state index >= 15 is 0 Å². The zero-order valence-corrected chi connectivity index (χ0v) is 16.0. The lowest BCUT2D eigenvalue weighted by atomic mass is 9.96. The minimum absolute atomic E-state index is 0.340. The largest absolute Gasteiger partial charge is 0.444 e. The average molecular weight is 331 g/mol. The van der Waals surface area contributed by atoms with Crippen LogP contribution in [0.25, 0.3) is 0 Å². The van der Waals surface area contributed by atoms with Crippen LogP contribution in [0.2, 0.25) is 0 Å². The van der Waals surface area contributed by atoms with E-state index in [1.54, 1.807) is 0 Å². The number of alkyl carbamates (subject to hydrolysis) is 1. The van der Waals surface area contributed by atoms with Crippen LogP contribution in [0.4, 0.5) is 4.79 Å². The lowest BCUT2D eigenvalue weighted by molar-refractivity contribution is 0.0515. The van der Waals surface area contributed by atoms with Crippen molar-refractivity contribution in [2.75, 3.05) is 32.8 Å².